The SMILES string of the molecule is O=C(O)C[C@@H](Cc1ccccc1)C(=O)Nc1nc(-c2cccc(C(F)(F)F)c2)cs1. The van der Waals surface area contributed by atoms with Gasteiger partial charge in [-0.25, -0.2) is 4.98 Å². The predicted octanol–water partition coefficient (Wildman–Crippen LogP) is 5.10. The summed E-state index contributed by atoms with van der Waals surface area (Å²) in [5, 5.41) is 13.4. The molecule has 0 saturated carbocycles. The lowest BCUT2D eigenvalue weighted by molar-refractivity contribution is -0.140. The van der Waals surface area contributed by atoms with Gasteiger partial charge in [-0.1, -0.05) is 42.5 Å². The monoisotopic (exact) mass is 434 g/mol. The zero-order chi connectivity index (χ0) is 21.7. The Morgan fingerprint density at radius 2 is 1.83 bits per heavy atom. The second-order valence-electron chi connectivity index (χ2n) is 6.59. The van der Waals surface area contributed by atoms with Crippen molar-refractivity contribution >= 4 is 28.3 Å². The average Bonchev–Trinajstić information content (AvgIpc) is 3.16. The number of carbonyl (C=O) groups is 2. The lowest BCUT2D eigenvalue weighted by Gasteiger charge is -2.14. The molecule has 1 heterocycles. The zero-order valence-corrected chi connectivity index (χ0v) is 16.3. The van der Waals surface area contributed by atoms with Gasteiger partial charge in [0.1, 0.15) is 0 Å². The quantitative estimate of drug-likeness (QED) is 0.542. The van der Waals surface area contributed by atoms with Crippen LogP contribution in [0.4, 0.5) is 18.3 Å². The smallest absolute Gasteiger partial charge is 0.416 e. The second kappa shape index (κ2) is 9.08. The number of nitrogens with one attached hydrogen (secondary N) is 1. The minimum Gasteiger partial charge on any atom is -0.481 e. The van der Waals surface area contributed by atoms with Gasteiger partial charge in [0.05, 0.1) is 23.6 Å². The van der Waals surface area contributed by atoms with Crippen molar-refractivity contribution < 1.29 is 27.9 Å². The van der Waals surface area contributed by atoms with Gasteiger partial charge in [0.15, 0.2) is 5.13 Å². The molecule has 1 atom stereocenters. The summed E-state index contributed by atoms with van der Waals surface area (Å²) >= 11 is 1.06. The van der Waals surface area contributed by atoms with E-state index in [4.69, 9.17) is 5.11 Å². The Bertz CT molecular complexity index is 1040. The summed E-state index contributed by atoms with van der Waals surface area (Å²) in [4.78, 5) is 28.0. The molecular formula is C21H17F3N2O3S. The maximum atomic E-state index is 12.9. The van der Waals surface area contributed by atoms with Gasteiger partial charge in [-0.15, -0.1) is 11.3 Å². The van der Waals surface area contributed by atoms with Crippen molar-refractivity contribution in [2.45, 2.75) is 19.0 Å². The van der Waals surface area contributed by atoms with Gasteiger partial charge in [0, 0.05) is 10.9 Å². The Labute approximate surface area is 174 Å². The van der Waals surface area contributed by atoms with E-state index in [0.717, 1.165) is 29.0 Å². The molecule has 0 spiro atoms. The molecule has 0 radical (unpaired) electrons. The lowest BCUT2D eigenvalue weighted by Crippen LogP contribution is -2.27. The fourth-order valence-corrected chi connectivity index (χ4v) is 3.62. The average molecular weight is 434 g/mol. The number of rotatable bonds is 7. The van der Waals surface area contributed by atoms with Crippen LogP contribution in [0.5, 0.6) is 0 Å². The summed E-state index contributed by atoms with van der Waals surface area (Å²) in [6, 6.07) is 13.8. The van der Waals surface area contributed by atoms with E-state index in [9.17, 15) is 22.8 Å². The Morgan fingerprint density at radius 1 is 1.10 bits per heavy atom. The van der Waals surface area contributed by atoms with Crippen molar-refractivity contribution in [1.82, 2.24) is 4.98 Å². The molecule has 1 aromatic heterocycles. The predicted molar refractivity (Wildman–Crippen MR) is 107 cm³/mol. The highest BCUT2D eigenvalue weighted by Gasteiger charge is 2.30. The van der Waals surface area contributed by atoms with Gasteiger partial charge in [0.2, 0.25) is 5.91 Å². The Morgan fingerprint density at radius 3 is 2.50 bits per heavy atom. The van der Waals surface area contributed by atoms with Crippen LogP contribution in [0, 0.1) is 5.92 Å². The van der Waals surface area contributed by atoms with Gasteiger partial charge in [-0.3, -0.25) is 9.59 Å². The van der Waals surface area contributed by atoms with Gasteiger partial charge >= 0.3 is 12.1 Å². The summed E-state index contributed by atoms with van der Waals surface area (Å²) in [6.45, 7) is 0. The molecule has 3 rings (SSSR count). The number of thiazole rings is 1. The minimum atomic E-state index is -4.47. The molecule has 30 heavy (non-hydrogen) atoms. The van der Waals surface area contributed by atoms with Gasteiger partial charge < -0.3 is 10.4 Å². The molecule has 0 saturated heterocycles. The number of anilines is 1. The molecule has 0 bridgehead atoms. The van der Waals surface area contributed by atoms with Gasteiger partial charge in [-0.05, 0) is 24.1 Å². The highest BCUT2D eigenvalue weighted by Crippen LogP contribution is 2.33. The van der Waals surface area contributed by atoms with Crippen LogP contribution in [-0.2, 0) is 22.2 Å². The van der Waals surface area contributed by atoms with Crippen molar-refractivity contribution in [2.24, 2.45) is 5.92 Å². The van der Waals surface area contributed by atoms with Crippen molar-refractivity contribution in [1.29, 1.82) is 0 Å². The van der Waals surface area contributed by atoms with Crippen molar-refractivity contribution in [3.8, 4) is 11.3 Å². The number of halogens is 3. The largest absolute Gasteiger partial charge is 0.481 e. The maximum Gasteiger partial charge on any atom is 0.416 e. The number of aliphatic carboxylic acids is 1. The van der Waals surface area contributed by atoms with Crippen LogP contribution in [0.3, 0.4) is 0 Å². The number of hydrogen-bond acceptors (Lipinski definition) is 4. The topological polar surface area (TPSA) is 79.3 Å². The summed E-state index contributed by atoms with van der Waals surface area (Å²) in [5.41, 5.74) is 0.595. The highest BCUT2D eigenvalue weighted by atomic mass is 32.1. The van der Waals surface area contributed by atoms with E-state index >= 15 is 0 Å². The van der Waals surface area contributed by atoms with Crippen LogP contribution in [0.1, 0.15) is 17.5 Å². The summed E-state index contributed by atoms with van der Waals surface area (Å²) < 4.78 is 38.7. The summed E-state index contributed by atoms with van der Waals surface area (Å²) in [7, 11) is 0. The highest BCUT2D eigenvalue weighted by molar-refractivity contribution is 7.14. The Hall–Kier alpha value is -3.20. The normalized spacial score (nSPS) is 12.4. The van der Waals surface area contributed by atoms with E-state index in [0.29, 0.717) is 5.69 Å². The fraction of sp³-hybridized carbons (Fsp3) is 0.190. The van der Waals surface area contributed by atoms with Crippen LogP contribution < -0.4 is 5.32 Å². The number of carbonyl (C=O) groups excluding carboxylic acids is 1. The van der Waals surface area contributed by atoms with Crippen molar-refractivity contribution in [2.75, 3.05) is 5.32 Å². The third-order valence-electron chi connectivity index (χ3n) is 4.34. The van der Waals surface area contributed by atoms with Crippen molar-refractivity contribution in [3.05, 3.63) is 71.1 Å². The first-order chi connectivity index (χ1) is 14.2. The zero-order valence-electron chi connectivity index (χ0n) is 15.5. The van der Waals surface area contributed by atoms with Gasteiger partial charge in [0.25, 0.3) is 0 Å². The van der Waals surface area contributed by atoms with E-state index in [1.165, 1.54) is 17.5 Å². The molecule has 5 nitrogen and oxygen atoms in total. The standard InChI is InChI=1S/C21H17F3N2O3S/c22-21(23,24)16-8-4-7-14(10-16)17-12-30-20(25-17)26-19(29)15(11-18(27)28)9-13-5-2-1-3-6-13/h1-8,10,12,15H,9,11H2,(H,27,28)(H,25,26,29)/t15-/m1/s1. The Balaban J connectivity index is 1.75. The number of amides is 1. The minimum absolute atomic E-state index is 0.191. The van der Waals surface area contributed by atoms with Crippen LogP contribution in [0.2, 0.25) is 0 Å². The molecule has 3 aromatic rings. The molecule has 0 fully saturated rings. The number of carboxylic acid groups (broad SMARTS) is 1. The number of benzene rings is 2. The third kappa shape index (κ3) is 5.66. The van der Waals surface area contributed by atoms with E-state index in [1.54, 1.807) is 24.3 Å². The molecule has 0 unspecified atom stereocenters. The van der Waals surface area contributed by atoms with E-state index in [1.807, 2.05) is 6.07 Å². The number of aromatic nitrogens is 1. The summed E-state index contributed by atoms with van der Waals surface area (Å²) in [6.07, 6.45) is -4.58. The second-order valence-corrected chi connectivity index (χ2v) is 7.45. The first-order valence-corrected chi connectivity index (χ1v) is 9.80. The molecule has 2 aromatic carbocycles. The fourth-order valence-electron chi connectivity index (χ4n) is 2.89. The van der Waals surface area contributed by atoms with Crippen LogP contribution in [0.25, 0.3) is 11.3 Å². The molecule has 156 valence electrons. The molecule has 0 aliphatic carbocycles. The molecule has 2 N–H and O–H groups in total. The van der Waals surface area contributed by atoms with Crippen LogP contribution in [0.15, 0.2) is 60.0 Å². The first-order valence-electron chi connectivity index (χ1n) is 8.92. The molecule has 9 heteroatoms. The first kappa shape index (κ1) is 21.5. The summed E-state index contributed by atoms with van der Waals surface area (Å²) in [5.74, 6) is -2.42. The number of nitrogens with zero attached hydrogens (tertiary/aromatic N) is 1. The molecule has 1 amide bonds. The van der Waals surface area contributed by atoms with Gasteiger partial charge in [-0.2, -0.15) is 13.2 Å². The number of alkyl halides is 3. The number of carboxylic acids is 1. The maximum absolute atomic E-state index is 12.9. The Kier molecular flexibility index (Phi) is 6.51. The van der Waals surface area contributed by atoms with E-state index in [-0.39, 0.29) is 23.5 Å². The van der Waals surface area contributed by atoms with Crippen LogP contribution in [-0.4, -0.2) is 22.0 Å². The third-order valence-corrected chi connectivity index (χ3v) is 5.09. The number of hydrogen-bond donors (Lipinski definition) is 2. The van der Waals surface area contributed by atoms with E-state index < -0.39 is 29.5 Å². The van der Waals surface area contributed by atoms with Crippen molar-refractivity contribution in [3.63, 3.8) is 0 Å². The molecule has 0 aliphatic heterocycles. The lowest BCUT2D eigenvalue weighted by atomic mass is 9.95. The van der Waals surface area contributed by atoms with E-state index in [2.05, 4.69) is 10.3 Å². The van der Waals surface area contributed by atoms with Crippen LogP contribution >= 0.6 is 11.3 Å². The molecular weight excluding hydrogens is 417 g/mol. The molecule has 0 aliphatic rings.